The lowest BCUT2D eigenvalue weighted by Gasteiger charge is -2.44. The lowest BCUT2D eigenvalue weighted by Crippen LogP contribution is -2.60. The van der Waals surface area contributed by atoms with Gasteiger partial charge in [0.2, 0.25) is 0 Å². The molecular weight excluding hydrogens is 530 g/mol. The first-order valence-corrected chi connectivity index (χ1v) is 13.5. The SMILES string of the molecule is CCc1ccc(Cc2cn(C3OC(COC(C)=O)[C@@H](OC(C)=O)C(OC(C)=O)[C@H]3OC(C)=O)c3ccccc23)cc1. The summed E-state index contributed by atoms with van der Waals surface area (Å²) in [6.07, 6.45) is -2.21. The highest BCUT2D eigenvalue weighted by Crippen LogP contribution is 2.38. The van der Waals surface area contributed by atoms with Crippen LogP contribution in [0.1, 0.15) is 57.5 Å². The van der Waals surface area contributed by atoms with Crippen LogP contribution >= 0.6 is 0 Å². The van der Waals surface area contributed by atoms with Crippen molar-refractivity contribution in [2.45, 2.75) is 78.1 Å². The van der Waals surface area contributed by atoms with E-state index in [0.29, 0.717) is 6.42 Å². The molecule has 2 heterocycles. The molecule has 0 spiro atoms. The third kappa shape index (κ3) is 7.13. The van der Waals surface area contributed by atoms with Gasteiger partial charge in [0, 0.05) is 39.3 Å². The third-order valence-corrected chi connectivity index (χ3v) is 6.89. The molecule has 0 amide bonds. The normalized spacial score (nSPS) is 22.1. The quantitative estimate of drug-likeness (QED) is 0.280. The number of esters is 4. The van der Waals surface area contributed by atoms with Crippen LogP contribution < -0.4 is 0 Å². The molecule has 4 rings (SSSR count). The van der Waals surface area contributed by atoms with E-state index in [1.807, 2.05) is 35.0 Å². The molecule has 1 aliphatic heterocycles. The Labute approximate surface area is 238 Å². The van der Waals surface area contributed by atoms with Crippen molar-refractivity contribution >= 4 is 34.8 Å². The van der Waals surface area contributed by atoms with Crippen molar-refractivity contribution in [1.82, 2.24) is 4.57 Å². The second kappa shape index (κ2) is 13.0. The van der Waals surface area contributed by atoms with Crippen molar-refractivity contribution in [1.29, 1.82) is 0 Å². The highest BCUT2D eigenvalue weighted by atomic mass is 16.7. The summed E-state index contributed by atoms with van der Waals surface area (Å²) in [5.41, 5.74) is 4.15. The molecule has 0 aliphatic carbocycles. The minimum Gasteiger partial charge on any atom is -0.463 e. The Hall–Kier alpha value is -4.18. The standard InChI is InChI=1S/C31H35NO9/c1-6-22-11-13-23(14-12-22)15-24-16-32(26-10-8-7-9-25(24)26)31-30(40-21(5)36)29(39-20(4)35)28(38-19(3)34)27(41-31)17-37-18(2)33/h7-14,16,27-31H,6,15,17H2,1-5H3/t27?,28-,29?,30-,31?/m1/s1. The molecule has 1 aromatic heterocycles. The number of fused-ring (bicyclic) bond motifs is 1. The summed E-state index contributed by atoms with van der Waals surface area (Å²) in [6.45, 7) is 6.69. The summed E-state index contributed by atoms with van der Waals surface area (Å²) in [5.74, 6) is -2.56. The van der Waals surface area contributed by atoms with Gasteiger partial charge in [-0.3, -0.25) is 19.2 Å². The van der Waals surface area contributed by atoms with Gasteiger partial charge in [0.05, 0.1) is 5.52 Å². The molecule has 0 saturated carbocycles. The fourth-order valence-electron chi connectivity index (χ4n) is 5.17. The molecule has 0 bridgehead atoms. The molecule has 5 atom stereocenters. The predicted molar refractivity (Wildman–Crippen MR) is 148 cm³/mol. The third-order valence-electron chi connectivity index (χ3n) is 6.89. The Morgan fingerprint density at radius 1 is 0.756 bits per heavy atom. The van der Waals surface area contributed by atoms with E-state index in [9.17, 15) is 19.2 Å². The van der Waals surface area contributed by atoms with Crippen molar-refractivity contribution in [3.8, 4) is 0 Å². The zero-order valence-corrected chi connectivity index (χ0v) is 23.8. The van der Waals surface area contributed by atoms with Crippen LogP contribution in [0.5, 0.6) is 0 Å². The first-order chi connectivity index (χ1) is 19.6. The molecule has 10 heteroatoms. The average Bonchev–Trinajstić information content (AvgIpc) is 3.27. The van der Waals surface area contributed by atoms with Crippen LogP contribution in [0.15, 0.2) is 54.7 Å². The molecule has 41 heavy (non-hydrogen) atoms. The average molecular weight is 566 g/mol. The van der Waals surface area contributed by atoms with Gasteiger partial charge in [-0.1, -0.05) is 49.4 Å². The number of rotatable bonds is 9. The van der Waals surface area contributed by atoms with Gasteiger partial charge in [-0.05, 0) is 35.6 Å². The van der Waals surface area contributed by atoms with Crippen molar-refractivity contribution in [3.63, 3.8) is 0 Å². The predicted octanol–water partition coefficient (Wildman–Crippen LogP) is 4.05. The number of nitrogens with zero attached hydrogens (tertiary/aromatic N) is 1. The van der Waals surface area contributed by atoms with Crippen LogP contribution in [0.25, 0.3) is 10.9 Å². The van der Waals surface area contributed by atoms with Gasteiger partial charge in [-0.25, -0.2) is 0 Å². The van der Waals surface area contributed by atoms with E-state index in [1.165, 1.54) is 33.3 Å². The van der Waals surface area contributed by atoms with Gasteiger partial charge in [0.25, 0.3) is 0 Å². The second-order valence-electron chi connectivity index (χ2n) is 10.0. The van der Waals surface area contributed by atoms with Crippen LogP contribution in [0.4, 0.5) is 0 Å². The number of carbonyl (C=O) groups excluding carboxylic acids is 4. The zero-order valence-electron chi connectivity index (χ0n) is 23.8. The molecule has 10 nitrogen and oxygen atoms in total. The van der Waals surface area contributed by atoms with Crippen LogP contribution in [0, 0.1) is 0 Å². The van der Waals surface area contributed by atoms with Crippen LogP contribution in [0.3, 0.4) is 0 Å². The Morgan fingerprint density at radius 2 is 1.34 bits per heavy atom. The summed E-state index contributed by atoms with van der Waals surface area (Å²) in [5, 5.41) is 0.958. The molecule has 1 saturated heterocycles. The van der Waals surface area contributed by atoms with E-state index in [0.717, 1.165) is 28.5 Å². The maximum atomic E-state index is 12.3. The number of carbonyl (C=O) groups is 4. The van der Waals surface area contributed by atoms with Crippen molar-refractivity contribution in [3.05, 3.63) is 71.4 Å². The first-order valence-electron chi connectivity index (χ1n) is 13.5. The maximum Gasteiger partial charge on any atom is 0.303 e. The van der Waals surface area contributed by atoms with Crippen molar-refractivity contribution < 1.29 is 42.9 Å². The van der Waals surface area contributed by atoms with Gasteiger partial charge in [0.15, 0.2) is 24.5 Å². The lowest BCUT2D eigenvalue weighted by atomic mass is 9.97. The number of benzene rings is 2. The van der Waals surface area contributed by atoms with Crippen molar-refractivity contribution in [2.24, 2.45) is 0 Å². The zero-order chi connectivity index (χ0) is 29.7. The van der Waals surface area contributed by atoms with E-state index in [2.05, 4.69) is 31.2 Å². The topological polar surface area (TPSA) is 119 Å². The minimum absolute atomic E-state index is 0.288. The van der Waals surface area contributed by atoms with E-state index in [4.69, 9.17) is 23.7 Å². The number of aryl methyl sites for hydroxylation is 1. The molecule has 1 aliphatic rings. The van der Waals surface area contributed by atoms with E-state index < -0.39 is 54.5 Å². The second-order valence-corrected chi connectivity index (χ2v) is 10.0. The monoisotopic (exact) mass is 565 g/mol. The largest absolute Gasteiger partial charge is 0.463 e. The fourth-order valence-corrected chi connectivity index (χ4v) is 5.17. The molecule has 3 aromatic rings. The Balaban J connectivity index is 1.82. The highest BCUT2D eigenvalue weighted by Gasteiger charge is 2.53. The number of para-hydroxylation sites is 1. The minimum atomic E-state index is -1.24. The highest BCUT2D eigenvalue weighted by molar-refractivity contribution is 5.84. The van der Waals surface area contributed by atoms with Crippen LogP contribution in [-0.4, -0.2) is 59.5 Å². The Kier molecular flexibility index (Phi) is 9.44. The first kappa shape index (κ1) is 29.8. The summed E-state index contributed by atoms with van der Waals surface area (Å²) < 4.78 is 30.3. The van der Waals surface area contributed by atoms with Gasteiger partial charge in [0.1, 0.15) is 12.7 Å². The van der Waals surface area contributed by atoms with Gasteiger partial charge in [-0.15, -0.1) is 0 Å². The molecule has 218 valence electrons. The van der Waals surface area contributed by atoms with Gasteiger partial charge < -0.3 is 28.3 Å². The summed E-state index contributed by atoms with van der Waals surface area (Å²) in [4.78, 5) is 48.3. The van der Waals surface area contributed by atoms with Gasteiger partial charge in [-0.2, -0.15) is 0 Å². The maximum absolute atomic E-state index is 12.3. The molecule has 3 unspecified atom stereocenters. The van der Waals surface area contributed by atoms with Crippen LogP contribution in [-0.2, 0) is 55.7 Å². The Morgan fingerprint density at radius 3 is 1.95 bits per heavy atom. The molecule has 0 radical (unpaired) electrons. The van der Waals surface area contributed by atoms with Crippen molar-refractivity contribution in [2.75, 3.05) is 6.61 Å². The smallest absolute Gasteiger partial charge is 0.303 e. The number of hydrogen-bond acceptors (Lipinski definition) is 9. The number of ether oxygens (including phenoxy) is 5. The van der Waals surface area contributed by atoms with E-state index >= 15 is 0 Å². The van der Waals surface area contributed by atoms with E-state index in [-0.39, 0.29) is 6.61 Å². The Bertz CT molecular complexity index is 1410. The summed E-state index contributed by atoms with van der Waals surface area (Å²) in [7, 11) is 0. The van der Waals surface area contributed by atoms with Gasteiger partial charge >= 0.3 is 23.9 Å². The lowest BCUT2D eigenvalue weighted by molar-refractivity contribution is -0.267. The molecule has 2 aromatic carbocycles. The van der Waals surface area contributed by atoms with E-state index in [1.54, 1.807) is 0 Å². The summed E-state index contributed by atoms with van der Waals surface area (Å²) >= 11 is 0. The number of hydrogen-bond donors (Lipinski definition) is 0. The van der Waals surface area contributed by atoms with Crippen LogP contribution in [0.2, 0.25) is 0 Å². The fraction of sp³-hybridized carbons (Fsp3) is 0.419. The molecular formula is C31H35NO9. The number of aromatic nitrogens is 1. The molecule has 0 N–H and O–H groups in total. The summed E-state index contributed by atoms with van der Waals surface area (Å²) in [6, 6.07) is 16.1. The molecule has 1 fully saturated rings.